The molecule has 2 heterocycles. The van der Waals surface area contributed by atoms with Crippen molar-refractivity contribution in [1.29, 1.82) is 0 Å². The van der Waals surface area contributed by atoms with E-state index in [0.717, 1.165) is 35.3 Å². The fourth-order valence-corrected chi connectivity index (χ4v) is 3.81. The van der Waals surface area contributed by atoms with Crippen molar-refractivity contribution in [3.05, 3.63) is 23.3 Å². The molecule has 2 aromatic heterocycles. The van der Waals surface area contributed by atoms with E-state index in [0.29, 0.717) is 0 Å². The number of nitrogens with zero attached hydrogens (tertiary/aromatic N) is 3. The van der Waals surface area contributed by atoms with Gasteiger partial charge in [-0.3, -0.25) is 4.68 Å². The van der Waals surface area contributed by atoms with Crippen LogP contribution in [0.5, 0.6) is 0 Å². The van der Waals surface area contributed by atoms with Crippen molar-refractivity contribution >= 4 is 11.3 Å². The topological polar surface area (TPSA) is 56.7 Å². The van der Waals surface area contributed by atoms with Crippen LogP contribution in [0.15, 0.2) is 17.5 Å². The molecule has 3 rings (SSSR count). The summed E-state index contributed by atoms with van der Waals surface area (Å²) in [5.74, 6) is 2.58. The Morgan fingerprint density at radius 1 is 1.45 bits per heavy atom. The number of thiophene rings is 1. The predicted molar refractivity (Wildman–Crippen MR) is 82.4 cm³/mol. The molecule has 2 N–H and O–H groups in total. The molecule has 1 aliphatic carbocycles. The van der Waals surface area contributed by atoms with Crippen molar-refractivity contribution in [3.8, 4) is 10.7 Å². The first kappa shape index (κ1) is 13.8. The van der Waals surface area contributed by atoms with Gasteiger partial charge in [0.2, 0.25) is 0 Å². The molecule has 0 spiro atoms. The maximum atomic E-state index is 6.64. The highest BCUT2D eigenvalue weighted by Gasteiger charge is 2.36. The van der Waals surface area contributed by atoms with Crippen LogP contribution in [0.4, 0.5) is 0 Å². The fourth-order valence-electron chi connectivity index (χ4n) is 3.15. The molecule has 0 bridgehead atoms. The minimum Gasteiger partial charge on any atom is -0.319 e. The van der Waals surface area contributed by atoms with Gasteiger partial charge in [-0.15, -0.1) is 11.3 Å². The van der Waals surface area contributed by atoms with E-state index in [1.807, 2.05) is 17.8 Å². The van der Waals surface area contributed by atoms with Gasteiger partial charge >= 0.3 is 0 Å². The standard InChI is InChI=1S/C15H22N4S/c1-3-11-6-8-15(16,9-7-11)14-17-13(18-19(14)2)12-5-4-10-20-12/h4-5,10-11H,3,6-9,16H2,1-2H3. The van der Waals surface area contributed by atoms with Crippen LogP contribution in [0.1, 0.15) is 44.9 Å². The van der Waals surface area contributed by atoms with E-state index in [1.54, 1.807) is 11.3 Å². The van der Waals surface area contributed by atoms with Gasteiger partial charge in [0.15, 0.2) is 5.82 Å². The average molecular weight is 290 g/mol. The zero-order valence-corrected chi connectivity index (χ0v) is 13.0. The molecule has 5 heteroatoms. The van der Waals surface area contributed by atoms with Gasteiger partial charge in [0.25, 0.3) is 0 Å². The molecule has 4 nitrogen and oxygen atoms in total. The summed E-state index contributed by atoms with van der Waals surface area (Å²) in [5.41, 5.74) is 6.34. The Balaban J connectivity index is 1.87. The third-order valence-corrected chi connectivity index (χ3v) is 5.39. The molecular weight excluding hydrogens is 268 g/mol. The summed E-state index contributed by atoms with van der Waals surface area (Å²) in [6.07, 6.45) is 5.70. The lowest BCUT2D eigenvalue weighted by atomic mass is 9.76. The normalized spacial score (nSPS) is 26.9. The quantitative estimate of drug-likeness (QED) is 0.943. The first-order valence-electron chi connectivity index (χ1n) is 7.36. The van der Waals surface area contributed by atoms with Gasteiger partial charge in [0.05, 0.1) is 10.4 Å². The second-order valence-electron chi connectivity index (χ2n) is 5.87. The van der Waals surface area contributed by atoms with Crippen molar-refractivity contribution in [2.75, 3.05) is 0 Å². The van der Waals surface area contributed by atoms with E-state index in [9.17, 15) is 0 Å². The van der Waals surface area contributed by atoms with E-state index in [4.69, 9.17) is 10.7 Å². The summed E-state index contributed by atoms with van der Waals surface area (Å²) >= 11 is 1.67. The van der Waals surface area contributed by atoms with Gasteiger partial charge in [-0.25, -0.2) is 4.98 Å². The number of rotatable bonds is 3. The Labute approximate surface area is 124 Å². The first-order chi connectivity index (χ1) is 9.62. The van der Waals surface area contributed by atoms with Gasteiger partial charge in [-0.1, -0.05) is 19.4 Å². The highest BCUT2D eigenvalue weighted by Crippen LogP contribution is 2.38. The van der Waals surface area contributed by atoms with Crippen molar-refractivity contribution in [2.24, 2.45) is 18.7 Å². The highest BCUT2D eigenvalue weighted by molar-refractivity contribution is 7.13. The van der Waals surface area contributed by atoms with Crippen LogP contribution in [-0.2, 0) is 12.6 Å². The summed E-state index contributed by atoms with van der Waals surface area (Å²) < 4.78 is 1.88. The lowest BCUT2D eigenvalue weighted by Crippen LogP contribution is -2.42. The summed E-state index contributed by atoms with van der Waals surface area (Å²) in [6.45, 7) is 2.27. The Morgan fingerprint density at radius 3 is 2.80 bits per heavy atom. The lowest BCUT2D eigenvalue weighted by Gasteiger charge is -2.35. The molecule has 20 heavy (non-hydrogen) atoms. The van der Waals surface area contributed by atoms with E-state index in [1.165, 1.54) is 19.3 Å². The Bertz CT molecular complexity index is 565. The van der Waals surface area contributed by atoms with Gasteiger partial charge in [0.1, 0.15) is 5.82 Å². The molecule has 0 saturated heterocycles. The molecule has 0 amide bonds. The minimum absolute atomic E-state index is 0.303. The number of aromatic nitrogens is 3. The Morgan fingerprint density at radius 2 is 2.20 bits per heavy atom. The number of aryl methyl sites for hydroxylation is 1. The predicted octanol–water partition coefficient (Wildman–Crippen LogP) is 3.30. The second-order valence-corrected chi connectivity index (χ2v) is 6.82. The monoisotopic (exact) mass is 290 g/mol. The number of nitrogens with two attached hydrogens (primary N) is 1. The van der Waals surface area contributed by atoms with E-state index < -0.39 is 0 Å². The van der Waals surface area contributed by atoms with Crippen molar-refractivity contribution in [3.63, 3.8) is 0 Å². The highest BCUT2D eigenvalue weighted by atomic mass is 32.1. The molecule has 0 aromatic carbocycles. The zero-order chi connectivity index (χ0) is 14.2. The first-order valence-corrected chi connectivity index (χ1v) is 8.24. The number of hydrogen-bond donors (Lipinski definition) is 1. The average Bonchev–Trinajstić information content (AvgIpc) is 3.08. The Kier molecular flexibility index (Phi) is 3.65. The van der Waals surface area contributed by atoms with Crippen molar-refractivity contribution < 1.29 is 0 Å². The lowest BCUT2D eigenvalue weighted by molar-refractivity contribution is 0.217. The molecular formula is C15H22N4S. The van der Waals surface area contributed by atoms with Crippen LogP contribution >= 0.6 is 11.3 Å². The summed E-state index contributed by atoms with van der Waals surface area (Å²) in [4.78, 5) is 5.84. The van der Waals surface area contributed by atoms with Gasteiger partial charge in [-0.05, 0) is 43.0 Å². The molecule has 1 saturated carbocycles. The fraction of sp³-hybridized carbons (Fsp3) is 0.600. The Hall–Kier alpha value is -1.20. The van der Waals surface area contributed by atoms with Crippen LogP contribution in [-0.4, -0.2) is 14.8 Å². The maximum Gasteiger partial charge on any atom is 0.191 e. The van der Waals surface area contributed by atoms with E-state index in [-0.39, 0.29) is 5.54 Å². The molecule has 0 radical (unpaired) electrons. The molecule has 0 unspecified atom stereocenters. The van der Waals surface area contributed by atoms with Crippen LogP contribution in [0.2, 0.25) is 0 Å². The maximum absolute atomic E-state index is 6.64. The SMILES string of the molecule is CCC1CCC(N)(c2nc(-c3cccs3)nn2C)CC1. The molecule has 2 aromatic rings. The molecule has 1 fully saturated rings. The van der Waals surface area contributed by atoms with Crippen LogP contribution in [0.25, 0.3) is 10.7 Å². The number of hydrogen-bond acceptors (Lipinski definition) is 4. The molecule has 1 aliphatic rings. The molecule has 108 valence electrons. The molecule has 0 aliphatic heterocycles. The largest absolute Gasteiger partial charge is 0.319 e. The van der Waals surface area contributed by atoms with E-state index >= 15 is 0 Å². The van der Waals surface area contributed by atoms with E-state index in [2.05, 4.69) is 23.5 Å². The third kappa shape index (κ3) is 2.40. The van der Waals surface area contributed by atoms with Crippen molar-refractivity contribution in [2.45, 2.75) is 44.6 Å². The van der Waals surface area contributed by atoms with Gasteiger partial charge in [-0.2, -0.15) is 5.10 Å². The van der Waals surface area contributed by atoms with Crippen LogP contribution in [0.3, 0.4) is 0 Å². The second kappa shape index (κ2) is 5.30. The molecule has 0 atom stereocenters. The minimum atomic E-state index is -0.303. The summed E-state index contributed by atoms with van der Waals surface area (Å²) in [6, 6.07) is 4.08. The zero-order valence-electron chi connectivity index (χ0n) is 12.2. The summed E-state index contributed by atoms with van der Waals surface area (Å²) in [5, 5.41) is 6.60. The van der Waals surface area contributed by atoms with Crippen LogP contribution < -0.4 is 5.73 Å². The van der Waals surface area contributed by atoms with Gasteiger partial charge < -0.3 is 5.73 Å². The van der Waals surface area contributed by atoms with Gasteiger partial charge in [0, 0.05) is 7.05 Å². The summed E-state index contributed by atoms with van der Waals surface area (Å²) in [7, 11) is 1.96. The van der Waals surface area contributed by atoms with Crippen molar-refractivity contribution in [1.82, 2.24) is 14.8 Å². The smallest absolute Gasteiger partial charge is 0.191 e. The third-order valence-electron chi connectivity index (χ3n) is 4.52. The van der Waals surface area contributed by atoms with Crippen LogP contribution in [0, 0.1) is 5.92 Å².